The highest BCUT2D eigenvalue weighted by atomic mass is 16.5. The van der Waals surface area contributed by atoms with Crippen LogP contribution < -0.4 is 5.32 Å². The van der Waals surface area contributed by atoms with Gasteiger partial charge in [-0.05, 0) is 24.3 Å². The Bertz CT molecular complexity index is 459. The van der Waals surface area contributed by atoms with Crippen molar-refractivity contribution in [2.75, 3.05) is 13.2 Å². The van der Waals surface area contributed by atoms with E-state index in [4.69, 9.17) is 4.74 Å². The Kier molecular flexibility index (Phi) is 9.76. The number of nitrogens with one attached hydrogen (secondary N) is 1. The van der Waals surface area contributed by atoms with E-state index in [0.717, 1.165) is 19.3 Å². The average molecular weight is 319 g/mol. The summed E-state index contributed by atoms with van der Waals surface area (Å²) in [6.07, 6.45) is 4.33. The van der Waals surface area contributed by atoms with Crippen LogP contribution >= 0.6 is 0 Å². The summed E-state index contributed by atoms with van der Waals surface area (Å²) in [6, 6.07) is 10.1. The quantitative estimate of drug-likeness (QED) is 0.498. The van der Waals surface area contributed by atoms with Crippen LogP contribution in [0.15, 0.2) is 30.3 Å². The van der Waals surface area contributed by atoms with Crippen LogP contribution in [0.5, 0.6) is 0 Å². The van der Waals surface area contributed by atoms with Gasteiger partial charge in [-0.15, -0.1) is 0 Å². The fourth-order valence-corrected chi connectivity index (χ4v) is 2.26. The van der Waals surface area contributed by atoms with Gasteiger partial charge in [0.05, 0.1) is 6.61 Å². The van der Waals surface area contributed by atoms with Gasteiger partial charge in [-0.2, -0.15) is 0 Å². The third-order valence-electron chi connectivity index (χ3n) is 3.77. The molecule has 0 radical (unpaired) electrons. The largest absolute Gasteiger partial charge is 0.466 e. The van der Waals surface area contributed by atoms with Crippen LogP contribution in [0.2, 0.25) is 0 Å². The van der Waals surface area contributed by atoms with E-state index >= 15 is 0 Å². The Morgan fingerprint density at radius 2 is 1.83 bits per heavy atom. The van der Waals surface area contributed by atoms with Gasteiger partial charge in [0.1, 0.15) is 0 Å². The van der Waals surface area contributed by atoms with E-state index in [0.29, 0.717) is 32.4 Å². The van der Waals surface area contributed by atoms with Crippen molar-refractivity contribution >= 4 is 11.9 Å². The molecule has 0 heterocycles. The second-order valence-corrected chi connectivity index (χ2v) is 5.90. The molecule has 1 aromatic carbocycles. The Labute approximate surface area is 139 Å². The van der Waals surface area contributed by atoms with Gasteiger partial charge in [0.15, 0.2) is 0 Å². The number of carbonyl (C=O) groups excluding carboxylic acids is 2. The number of esters is 1. The van der Waals surface area contributed by atoms with Gasteiger partial charge in [-0.25, -0.2) is 0 Å². The molecular weight excluding hydrogens is 290 g/mol. The molecule has 0 aromatic heterocycles. The smallest absolute Gasteiger partial charge is 0.305 e. The van der Waals surface area contributed by atoms with Crippen molar-refractivity contribution in [3.8, 4) is 0 Å². The van der Waals surface area contributed by atoms with Crippen molar-refractivity contribution in [3.05, 3.63) is 35.9 Å². The molecule has 1 atom stereocenters. The number of hydrogen-bond donors (Lipinski definition) is 1. The molecule has 4 heteroatoms. The van der Waals surface area contributed by atoms with Gasteiger partial charge in [0.25, 0.3) is 0 Å². The molecule has 4 nitrogen and oxygen atoms in total. The van der Waals surface area contributed by atoms with E-state index in [1.807, 2.05) is 18.2 Å². The molecule has 1 amide bonds. The molecule has 0 aliphatic carbocycles. The predicted molar refractivity (Wildman–Crippen MR) is 92.2 cm³/mol. The van der Waals surface area contributed by atoms with E-state index in [1.54, 1.807) is 0 Å². The first-order chi connectivity index (χ1) is 11.1. The zero-order valence-corrected chi connectivity index (χ0v) is 14.3. The van der Waals surface area contributed by atoms with Crippen molar-refractivity contribution in [1.29, 1.82) is 0 Å². The van der Waals surface area contributed by atoms with E-state index in [9.17, 15) is 9.59 Å². The maximum Gasteiger partial charge on any atom is 0.305 e. The first-order valence-corrected chi connectivity index (χ1v) is 8.60. The number of benzene rings is 1. The molecule has 0 aliphatic heterocycles. The number of carbonyl (C=O) groups is 2. The summed E-state index contributed by atoms with van der Waals surface area (Å²) in [5.41, 5.74) is 1.21. The first kappa shape index (κ1) is 19.2. The van der Waals surface area contributed by atoms with E-state index in [1.165, 1.54) is 5.56 Å². The van der Waals surface area contributed by atoms with E-state index in [2.05, 4.69) is 31.3 Å². The van der Waals surface area contributed by atoms with Crippen LogP contribution in [0, 0.1) is 0 Å². The van der Waals surface area contributed by atoms with Crippen LogP contribution in [0.4, 0.5) is 0 Å². The summed E-state index contributed by atoms with van der Waals surface area (Å²) in [5.74, 6) is 0.0711. The zero-order chi connectivity index (χ0) is 16.9. The summed E-state index contributed by atoms with van der Waals surface area (Å²) < 4.78 is 5.11. The number of amides is 1. The first-order valence-electron chi connectivity index (χ1n) is 8.60. The third-order valence-corrected chi connectivity index (χ3v) is 3.77. The molecule has 128 valence electrons. The van der Waals surface area contributed by atoms with Gasteiger partial charge in [0.2, 0.25) is 5.91 Å². The third kappa shape index (κ3) is 9.01. The maximum atomic E-state index is 11.8. The lowest BCUT2D eigenvalue weighted by Gasteiger charge is -2.13. The fourth-order valence-electron chi connectivity index (χ4n) is 2.26. The van der Waals surface area contributed by atoms with Crippen molar-refractivity contribution in [3.63, 3.8) is 0 Å². The number of unbranched alkanes of at least 4 members (excludes halogenated alkanes) is 2. The molecule has 1 aromatic rings. The number of rotatable bonds is 11. The summed E-state index contributed by atoms with van der Waals surface area (Å²) in [5, 5.41) is 2.92. The molecule has 23 heavy (non-hydrogen) atoms. The van der Waals surface area contributed by atoms with Crippen molar-refractivity contribution < 1.29 is 14.3 Å². The molecule has 0 saturated carbocycles. The van der Waals surface area contributed by atoms with E-state index in [-0.39, 0.29) is 17.8 Å². The summed E-state index contributed by atoms with van der Waals surface area (Å²) >= 11 is 0. The van der Waals surface area contributed by atoms with Gasteiger partial charge in [-0.1, -0.05) is 57.0 Å². The van der Waals surface area contributed by atoms with Gasteiger partial charge < -0.3 is 10.1 Å². The minimum atomic E-state index is -0.202. The number of hydrogen-bond acceptors (Lipinski definition) is 3. The van der Waals surface area contributed by atoms with Crippen LogP contribution in [-0.4, -0.2) is 25.0 Å². The Morgan fingerprint density at radius 3 is 2.52 bits per heavy atom. The van der Waals surface area contributed by atoms with Gasteiger partial charge >= 0.3 is 5.97 Å². The number of ether oxygens (including phenoxy) is 1. The van der Waals surface area contributed by atoms with Crippen LogP contribution in [0.1, 0.15) is 63.9 Å². The normalized spacial score (nSPS) is 11.7. The Hall–Kier alpha value is -1.84. The second kappa shape index (κ2) is 11.7. The Balaban J connectivity index is 2.09. The lowest BCUT2D eigenvalue weighted by Crippen LogP contribution is -2.27. The van der Waals surface area contributed by atoms with E-state index < -0.39 is 0 Å². The topological polar surface area (TPSA) is 55.4 Å². The molecule has 1 N–H and O–H groups in total. The lowest BCUT2D eigenvalue weighted by atomic mass is 10.0. The molecule has 1 unspecified atom stereocenters. The summed E-state index contributed by atoms with van der Waals surface area (Å²) in [6.45, 7) is 5.31. The maximum absolute atomic E-state index is 11.8. The molecule has 0 aliphatic rings. The summed E-state index contributed by atoms with van der Waals surface area (Å²) in [7, 11) is 0. The molecule has 0 spiro atoms. The van der Waals surface area contributed by atoms with Crippen LogP contribution in [-0.2, 0) is 14.3 Å². The Morgan fingerprint density at radius 1 is 1.09 bits per heavy atom. The highest BCUT2D eigenvalue weighted by Crippen LogP contribution is 2.13. The highest BCUT2D eigenvalue weighted by Gasteiger charge is 2.09. The van der Waals surface area contributed by atoms with Crippen LogP contribution in [0.25, 0.3) is 0 Å². The molecule has 1 rings (SSSR count). The van der Waals surface area contributed by atoms with Crippen molar-refractivity contribution in [2.45, 2.75) is 58.3 Å². The standard InChI is InChI=1S/C19H29NO3/c1-3-4-8-14-23-19(22)13-9-12-18(21)20-15-16(2)17-10-6-5-7-11-17/h5-7,10-11,16H,3-4,8-9,12-15H2,1-2H3,(H,20,21). The highest BCUT2D eigenvalue weighted by molar-refractivity contribution is 5.77. The van der Waals surface area contributed by atoms with Crippen molar-refractivity contribution in [1.82, 2.24) is 5.32 Å². The zero-order valence-electron chi connectivity index (χ0n) is 14.3. The van der Waals surface area contributed by atoms with Crippen molar-refractivity contribution in [2.24, 2.45) is 0 Å². The predicted octanol–water partition coefficient (Wildman–Crippen LogP) is 3.81. The monoisotopic (exact) mass is 319 g/mol. The average Bonchev–Trinajstić information content (AvgIpc) is 2.57. The summed E-state index contributed by atoms with van der Waals surface area (Å²) in [4.78, 5) is 23.3. The minimum Gasteiger partial charge on any atom is -0.466 e. The molecule has 0 saturated heterocycles. The molecule has 0 fully saturated rings. The molecular formula is C19H29NO3. The minimum absolute atomic E-state index is 0.00781. The van der Waals surface area contributed by atoms with Gasteiger partial charge in [0, 0.05) is 19.4 Å². The molecule has 0 bridgehead atoms. The lowest BCUT2D eigenvalue weighted by molar-refractivity contribution is -0.143. The second-order valence-electron chi connectivity index (χ2n) is 5.90. The van der Waals surface area contributed by atoms with Crippen LogP contribution in [0.3, 0.4) is 0 Å². The van der Waals surface area contributed by atoms with Gasteiger partial charge in [-0.3, -0.25) is 9.59 Å². The fraction of sp³-hybridized carbons (Fsp3) is 0.579. The SMILES string of the molecule is CCCCCOC(=O)CCCC(=O)NCC(C)c1ccccc1.